The van der Waals surface area contributed by atoms with Crippen molar-refractivity contribution in [3.8, 4) is 11.1 Å². The number of para-hydroxylation sites is 1. The first kappa shape index (κ1) is 25.4. The molecule has 0 spiro atoms. The van der Waals surface area contributed by atoms with Gasteiger partial charge in [-0.3, -0.25) is 10.1 Å². The highest BCUT2D eigenvalue weighted by Crippen LogP contribution is 2.43. The summed E-state index contributed by atoms with van der Waals surface area (Å²) in [6.45, 7) is 12.1. The minimum atomic E-state index is -0.580. The molecule has 2 rings (SSSR count). The van der Waals surface area contributed by atoms with Gasteiger partial charge in [-0.2, -0.15) is 0 Å². The van der Waals surface area contributed by atoms with E-state index in [1.807, 2.05) is 64.1 Å². The van der Waals surface area contributed by atoms with E-state index in [0.717, 1.165) is 24.0 Å². The van der Waals surface area contributed by atoms with Gasteiger partial charge in [0.15, 0.2) is 0 Å². The van der Waals surface area contributed by atoms with E-state index in [4.69, 9.17) is 9.47 Å². The van der Waals surface area contributed by atoms with Crippen LogP contribution in [0, 0.1) is 0 Å². The third-order valence-electron chi connectivity index (χ3n) is 5.82. The van der Waals surface area contributed by atoms with Crippen molar-refractivity contribution in [1.29, 1.82) is 0 Å². The van der Waals surface area contributed by atoms with E-state index in [1.54, 1.807) is 0 Å². The lowest BCUT2D eigenvalue weighted by Gasteiger charge is -2.34. The maximum absolute atomic E-state index is 12.5. The lowest BCUT2D eigenvalue weighted by atomic mass is 9.70. The summed E-state index contributed by atoms with van der Waals surface area (Å²) < 4.78 is 10.6. The highest BCUT2D eigenvalue weighted by atomic mass is 16.6. The van der Waals surface area contributed by atoms with Gasteiger partial charge in [0, 0.05) is 12.0 Å². The second kappa shape index (κ2) is 11.2. The zero-order valence-electron chi connectivity index (χ0n) is 20.3. The Morgan fingerprint density at radius 1 is 0.875 bits per heavy atom. The predicted octanol–water partition coefficient (Wildman–Crippen LogP) is 7.10. The molecule has 2 aromatic carbocycles. The fourth-order valence-corrected chi connectivity index (χ4v) is 4.11. The number of rotatable bonds is 9. The topological polar surface area (TPSA) is 64.6 Å². The smallest absolute Gasteiger partial charge is 0.412 e. The van der Waals surface area contributed by atoms with Crippen LogP contribution in [0.25, 0.3) is 11.1 Å². The number of ether oxygens (including phenoxy) is 2. The van der Waals surface area contributed by atoms with Crippen LogP contribution in [-0.2, 0) is 19.7 Å². The molecule has 0 bridgehead atoms. The van der Waals surface area contributed by atoms with Gasteiger partial charge in [-0.25, -0.2) is 4.79 Å². The van der Waals surface area contributed by atoms with Gasteiger partial charge in [0.25, 0.3) is 0 Å². The molecule has 5 nitrogen and oxygen atoms in total. The second-order valence-electron chi connectivity index (χ2n) is 9.01. The zero-order chi connectivity index (χ0) is 23.8. The third-order valence-corrected chi connectivity index (χ3v) is 5.82. The van der Waals surface area contributed by atoms with Crippen molar-refractivity contribution in [2.75, 3.05) is 11.9 Å². The van der Waals surface area contributed by atoms with Crippen molar-refractivity contribution in [3.63, 3.8) is 0 Å². The molecule has 0 unspecified atom stereocenters. The van der Waals surface area contributed by atoms with Gasteiger partial charge in [-0.15, -0.1) is 0 Å². The first-order valence-corrected chi connectivity index (χ1v) is 11.5. The van der Waals surface area contributed by atoms with Crippen molar-refractivity contribution in [2.24, 2.45) is 0 Å². The summed E-state index contributed by atoms with van der Waals surface area (Å²) in [4.78, 5) is 24.6. The van der Waals surface area contributed by atoms with Crippen molar-refractivity contribution in [1.82, 2.24) is 0 Å². The number of benzene rings is 2. The largest absolute Gasteiger partial charge is 0.466 e. The molecular weight excluding hydrogens is 402 g/mol. The van der Waals surface area contributed by atoms with Crippen LogP contribution in [-0.4, -0.2) is 24.3 Å². The number of nitrogens with one attached hydrogen (secondary N) is 1. The first-order valence-electron chi connectivity index (χ1n) is 11.5. The average molecular weight is 440 g/mol. The molecule has 0 saturated heterocycles. The molecule has 0 heterocycles. The number of amides is 1. The van der Waals surface area contributed by atoms with Crippen LogP contribution in [0.5, 0.6) is 0 Å². The van der Waals surface area contributed by atoms with Crippen LogP contribution in [0.4, 0.5) is 10.5 Å². The van der Waals surface area contributed by atoms with Gasteiger partial charge < -0.3 is 9.47 Å². The Morgan fingerprint density at radius 2 is 1.47 bits per heavy atom. The molecule has 0 aliphatic carbocycles. The Balaban J connectivity index is 2.47. The van der Waals surface area contributed by atoms with E-state index < -0.39 is 11.7 Å². The van der Waals surface area contributed by atoms with Crippen LogP contribution >= 0.6 is 0 Å². The molecule has 0 aromatic heterocycles. The van der Waals surface area contributed by atoms with E-state index in [1.165, 1.54) is 5.56 Å². The summed E-state index contributed by atoms with van der Waals surface area (Å²) in [5.41, 5.74) is 3.09. The number of carbonyl (C=O) groups is 2. The van der Waals surface area contributed by atoms with Crippen molar-refractivity contribution < 1.29 is 19.1 Å². The summed E-state index contributed by atoms with van der Waals surface area (Å²) in [5.74, 6) is -0.164. The van der Waals surface area contributed by atoms with Gasteiger partial charge in [-0.05, 0) is 69.6 Å². The molecule has 0 atom stereocenters. The first-order chi connectivity index (χ1) is 15.2. The Hall–Kier alpha value is -2.82. The van der Waals surface area contributed by atoms with E-state index in [2.05, 4.69) is 31.3 Å². The number of esters is 1. The van der Waals surface area contributed by atoms with Crippen molar-refractivity contribution in [3.05, 3.63) is 54.1 Å². The number of carbonyl (C=O) groups excluding carboxylic acids is 2. The lowest BCUT2D eigenvalue weighted by Crippen LogP contribution is -2.28. The van der Waals surface area contributed by atoms with Gasteiger partial charge in [0.1, 0.15) is 5.60 Å². The molecule has 1 N–H and O–H groups in total. The molecular formula is C27H37NO4. The summed E-state index contributed by atoms with van der Waals surface area (Å²) in [6, 6.07) is 16.0. The minimum absolute atomic E-state index is 0.164. The predicted molar refractivity (Wildman–Crippen MR) is 130 cm³/mol. The Labute approximate surface area is 192 Å². The van der Waals surface area contributed by atoms with Crippen LogP contribution in [0.2, 0.25) is 0 Å². The van der Waals surface area contributed by atoms with Crippen molar-refractivity contribution in [2.45, 2.75) is 78.2 Å². The van der Waals surface area contributed by atoms with Crippen LogP contribution in [0.15, 0.2) is 48.5 Å². The van der Waals surface area contributed by atoms with Gasteiger partial charge in [-0.1, -0.05) is 56.3 Å². The Bertz CT molecular complexity index is 910. The van der Waals surface area contributed by atoms with Crippen LogP contribution < -0.4 is 5.32 Å². The highest BCUT2D eigenvalue weighted by molar-refractivity contribution is 5.92. The SMILES string of the molecule is CCOC(=O)CCC(CC)(CC)c1ccccc1-c1ccccc1NC(=O)OC(C)(C)C. The van der Waals surface area contributed by atoms with E-state index in [9.17, 15) is 9.59 Å². The minimum Gasteiger partial charge on any atom is -0.466 e. The molecule has 32 heavy (non-hydrogen) atoms. The van der Waals surface area contributed by atoms with Crippen molar-refractivity contribution >= 4 is 17.7 Å². The normalized spacial score (nSPS) is 11.7. The van der Waals surface area contributed by atoms with Gasteiger partial charge >= 0.3 is 12.1 Å². The van der Waals surface area contributed by atoms with Crippen LogP contribution in [0.1, 0.15) is 72.8 Å². The summed E-state index contributed by atoms with van der Waals surface area (Å²) in [7, 11) is 0. The molecule has 1 amide bonds. The number of anilines is 1. The molecule has 0 fully saturated rings. The molecule has 174 valence electrons. The van der Waals surface area contributed by atoms with Crippen LogP contribution in [0.3, 0.4) is 0 Å². The quantitative estimate of drug-likeness (QED) is 0.423. The highest BCUT2D eigenvalue weighted by Gasteiger charge is 2.32. The van der Waals surface area contributed by atoms with E-state index >= 15 is 0 Å². The fraction of sp³-hybridized carbons (Fsp3) is 0.481. The monoisotopic (exact) mass is 439 g/mol. The summed E-state index contributed by atoms with van der Waals surface area (Å²) in [5, 5.41) is 2.91. The maximum Gasteiger partial charge on any atom is 0.412 e. The molecule has 2 aromatic rings. The van der Waals surface area contributed by atoms with E-state index in [-0.39, 0.29) is 11.4 Å². The number of hydrogen-bond donors (Lipinski definition) is 1. The molecule has 0 radical (unpaired) electrons. The molecule has 5 heteroatoms. The second-order valence-corrected chi connectivity index (χ2v) is 9.01. The van der Waals surface area contributed by atoms with E-state index in [0.29, 0.717) is 25.1 Å². The average Bonchev–Trinajstić information content (AvgIpc) is 2.74. The zero-order valence-corrected chi connectivity index (χ0v) is 20.3. The summed E-state index contributed by atoms with van der Waals surface area (Å²) in [6.07, 6.45) is 2.38. The maximum atomic E-state index is 12.5. The van der Waals surface area contributed by atoms with Gasteiger partial charge in [0.2, 0.25) is 0 Å². The Kier molecular flexibility index (Phi) is 8.88. The standard InChI is InChI=1S/C27H37NO4/c1-7-27(8-2,19-18-24(29)31-9-3)22-16-12-10-14-20(22)21-15-11-13-17-23(21)28-25(30)32-26(4,5)6/h10-17H,7-9,18-19H2,1-6H3,(H,28,30). The molecule has 0 aliphatic heterocycles. The fourth-order valence-electron chi connectivity index (χ4n) is 4.11. The molecule has 0 aliphatic rings. The third kappa shape index (κ3) is 6.59. The molecule has 0 saturated carbocycles. The lowest BCUT2D eigenvalue weighted by molar-refractivity contribution is -0.143. The number of hydrogen-bond acceptors (Lipinski definition) is 4. The Morgan fingerprint density at radius 3 is 2.06 bits per heavy atom. The summed E-state index contributed by atoms with van der Waals surface area (Å²) >= 11 is 0. The van der Waals surface area contributed by atoms with Gasteiger partial charge in [0.05, 0.1) is 12.3 Å².